The first-order valence-corrected chi connectivity index (χ1v) is 8.19. The first-order chi connectivity index (χ1) is 11.0. The number of pyridine rings is 1. The summed E-state index contributed by atoms with van der Waals surface area (Å²) >= 11 is 11.9. The molecule has 122 valence electrons. The van der Waals surface area contributed by atoms with E-state index in [9.17, 15) is 4.79 Å². The molecule has 0 saturated heterocycles. The highest BCUT2D eigenvalue weighted by Crippen LogP contribution is 2.26. The zero-order valence-corrected chi connectivity index (χ0v) is 14.7. The molecule has 0 saturated carbocycles. The van der Waals surface area contributed by atoms with Crippen molar-refractivity contribution in [3.8, 4) is 0 Å². The molecule has 0 aliphatic carbocycles. The maximum absolute atomic E-state index is 12.4. The fourth-order valence-corrected chi connectivity index (χ4v) is 2.53. The molecule has 0 aliphatic rings. The molecule has 0 fully saturated rings. The van der Waals surface area contributed by atoms with Crippen LogP contribution in [0.1, 0.15) is 30.1 Å². The van der Waals surface area contributed by atoms with Crippen molar-refractivity contribution in [2.24, 2.45) is 0 Å². The lowest BCUT2D eigenvalue weighted by molar-refractivity contribution is 0.102. The minimum atomic E-state index is -0.257. The van der Waals surface area contributed by atoms with Crippen molar-refractivity contribution < 1.29 is 4.79 Å². The molecule has 1 aromatic carbocycles. The number of unbranched alkanes of at least 4 members (excludes halogenated alkanes) is 1. The van der Waals surface area contributed by atoms with Gasteiger partial charge in [-0.05, 0) is 30.7 Å². The number of aromatic nitrogens is 1. The molecule has 0 atom stereocenters. The van der Waals surface area contributed by atoms with Crippen LogP contribution >= 0.6 is 23.2 Å². The number of carbonyl (C=O) groups is 1. The van der Waals surface area contributed by atoms with Crippen LogP contribution in [0.4, 0.5) is 11.4 Å². The molecule has 23 heavy (non-hydrogen) atoms. The zero-order chi connectivity index (χ0) is 16.8. The average Bonchev–Trinajstić information content (AvgIpc) is 2.55. The molecule has 2 rings (SSSR count). The number of nitrogens with zero attached hydrogens (tertiary/aromatic N) is 2. The Morgan fingerprint density at radius 3 is 2.74 bits per heavy atom. The van der Waals surface area contributed by atoms with Gasteiger partial charge in [0.15, 0.2) is 0 Å². The highest BCUT2D eigenvalue weighted by Gasteiger charge is 2.11. The molecule has 0 bridgehead atoms. The molecule has 0 aliphatic heterocycles. The number of nitrogens with one attached hydrogen (secondary N) is 1. The van der Waals surface area contributed by atoms with Crippen molar-refractivity contribution in [3.05, 3.63) is 52.3 Å². The van der Waals surface area contributed by atoms with Crippen LogP contribution in [0.15, 0.2) is 36.7 Å². The predicted molar refractivity (Wildman–Crippen MR) is 96.8 cm³/mol. The van der Waals surface area contributed by atoms with E-state index >= 15 is 0 Å². The van der Waals surface area contributed by atoms with Crippen LogP contribution in [0.25, 0.3) is 0 Å². The van der Waals surface area contributed by atoms with Crippen LogP contribution in [-0.4, -0.2) is 24.5 Å². The summed E-state index contributed by atoms with van der Waals surface area (Å²) < 4.78 is 0. The summed E-state index contributed by atoms with van der Waals surface area (Å²) in [5.74, 6) is -0.257. The lowest BCUT2D eigenvalue weighted by Crippen LogP contribution is -2.20. The van der Waals surface area contributed by atoms with Gasteiger partial charge in [0.2, 0.25) is 0 Å². The van der Waals surface area contributed by atoms with Gasteiger partial charge in [0.25, 0.3) is 5.91 Å². The number of rotatable bonds is 6. The van der Waals surface area contributed by atoms with Crippen LogP contribution < -0.4 is 10.2 Å². The zero-order valence-electron chi connectivity index (χ0n) is 13.1. The Labute approximate surface area is 146 Å². The number of benzene rings is 1. The van der Waals surface area contributed by atoms with Gasteiger partial charge in [-0.2, -0.15) is 0 Å². The van der Waals surface area contributed by atoms with Crippen molar-refractivity contribution in [2.75, 3.05) is 23.8 Å². The number of carbonyl (C=O) groups excluding carboxylic acids is 1. The Hall–Kier alpha value is -1.78. The van der Waals surface area contributed by atoms with Crippen LogP contribution in [0.3, 0.4) is 0 Å². The molecule has 4 nitrogen and oxygen atoms in total. The number of hydrogen-bond donors (Lipinski definition) is 1. The predicted octanol–water partition coefficient (Wildman–Crippen LogP) is 4.88. The van der Waals surface area contributed by atoms with E-state index < -0.39 is 0 Å². The molecule has 6 heteroatoms. The molecule has 0 unspecified atom stereocenters. The van der Waals surface area contributed by atoms with Gasteiger partial charge in [0.05, 0.1) is 28.2 Å². The van der Waals surface area contributed by atoms with Gasteiger partial charge in [-0.15, -0.1) is 0 Å². The first kappa shape index (κ1) is 17.6. The van der Waals surface area contributed by atoms with Crippen LogP contribution in [-0.2, 0) is 0 Å². The van der Waals surface area contributed by atoms with Crippen molar-refractivity contribution in [1.29, 1.82) is 0 Å². The van der Waals surface area contributed by atoms with Gasteiger partial charge in [-0.1, -0.05) is 36.5 Å². The Morgan fingerprint density at radius 2 is 2.04 bits per heavy atom. The van der Waals surface area contributed by atoms with E-state index in [4.69, 9.17) is 23.2 Å². The SMILES string of the molecule is CCCCN(C)c1cncc(C(=O)Nc2ccc(Cl)cc2Cl)c1. The van der Waals surface area contributed by atoms with Crippen LogP contribution in [0.2, 0.25) is 10.0 Å². The van der Waals surface area contributed by atoms with E-state index in [2.05, 4.69) is 22.1 Å². The normalized spacial score (nSPS) is 10.4. The van der Waals surface area contributed by atoms with Gasteiger partial charge in [0.1, 0.15) is 0 Å². The van der Waals surface area contributed by atoms with Crippen molar-refractivity contribution in [2.45, 2.75) is 19.8 Å². The van der Waals surface area contributed by atoms with Gasteiger partial charge in [-0.25, -0.2) is 0 Å². The Kier molecular flexibility index (Phi) is 6.25. The smallest absolute Gasteiger partial charge is 0.257 e. The third kappa shape index (κ3) is 4.85. The van der Waals surface area contributed by atoms with Crippen LogP contribution in [0, 0.1) is 0 Å². The Bertz CT molecular complexity index is 691. The summed E-state index contributed by atoms with van der Waals surface area (Å²) in [5, 5.41) is 3.70. The fraction of sp³-hybridized carbons (Fsp3) is 0.294. The third-order valence-electron chi connectivity index (χ3n) is 3.45. The summed E-state index contributed by atoms with van der Waals surface area (Å²) in [6.45, 7) is 3.07. The summed E-state index contributed by atoms with van der Waals surface area (Å²) in [4.78, 5) is 18.6. The van der Waals surface area contributed by atoms with Gasteiger partial charge >= 0.3 is 0 Å². The third-order valence-corrected chi connectivity index (χ3v) is 4.00. The van der Waals surface area contributed by atoms with Crippen molar-refractivity contribution >= 4 is 40.5 Å². The minimum Gasteiger partial charge on any atom is -0.373 e. The molecule has 1 heterocycles. The standard InChI is InChI=1S/C17H19Cl2N3O/c1-3-4-7-22(2)14-8-12(10-20-11-14)17(23)21-16-6-5-13(18)9-15(16)19/h5-6,8-11H,3-4,7H2,1-2H3,(H,21,23). The van der Waals surface area contributed by atoms with Gasteiger partial charge in [-0.3, -0.25) is 9.78 Å². The largest absolute Gasteiger partial charge is 0.373 e. The van der Waals surface area contributed by atoms with Gasteiger partial charge in [0, 0.05) is 24.8 Å². The summed E-state index contributed by atoms with van der Waals surface area (Å²) in [6, 6.07) is 6.76. The molecule has 2 aromatic rings. The maximum atomic E-state index is 12.4. The topological polar surface area (TPSA) is 45.2 Å². The van der Waals surface area contributed by atoms with Gasteiger partial charge < -0.3 is 10.2 Å². The molecule has 1 amide bonds. The number of amides is 1. The lowest BCUT2D eigenvalue weighted by atomic mass is 10.2. The van der Waals surface area contributed by atoms with E-state index in [1.165, 1.54) is 6.20 Å². The van der Waals surface area contributed by atoms with E-state index in [1.807, 2.05) is 13.1 Å². The number of hydrogen-bond acceptors (Lipinski definition) is 3. The molecule has 0 radical (unpaired) electrons. The van der Waals surface area contributed by atoms with Crippen LogP contribution in [0.5, 0.6) is 0 Å². The average molecular weight is 352 g/mol. The van der Waals surface area contributed by atoms with E-state index in [-0.39, 0.29) is 5.91 Å². The van der Waals surface area contributed by atoms with E-state index in [0.29, 0.717) is 21.3 Å². The summed E-state index contributed by atoms with van der Waals surface area (Å²) in [7, 11) is 1.99. The summed E-state index contributed by atoms with van der Waals surface area (Å²) in [5.41, 5.74) is 1.91. The lowest BCUT2D eigenvalue weighted by Gasteiger charge is -2.19. The molecule has 1 N–H and O–H groups in total. The van der Waals surface area contributed by atoms with E-state index in [1.54, 1.807) is 24.4 Å². The van der Waals surface area contributed by atoms with E-state index in [0.717, 1.165) is 25.1 Å². The Morgan fingerprint density at radius 1 is 1.26 bits per heavy atom. The minimum absolute atomic E-state index is 0.257. The second-order valence-corrected chi connectivity index (χ2v) is 6.13. The first-order valence-electron chi connectivity index (χ1n) is 7.44. The maximum Gasteiger partial charge on any atom is 0.257 e. The summed E-state index contributed by atoms with van der Waals surface area (Å²) in [6.07, 6.45) is 5.50. The highest BCUT2D eigenvalue weighted by atomic mass is 35.5. The van der Waals surface area contributed by atoms with Crippen molar-refractivity contribution in [3.63, 3.8) is 0 Å². The fourth-order valence-electron chi connectivity index (χ4n) is 2.07. The highest BCUT2D eigenvalue weighted by molar-refractivity contribution is 6.36. The quantitative estimate of drug-likeness (QED) is 0.806. The second-order valence-electron chi connectivity index (χ2n) is 5.29. The number of halogens is 2. The molecular formula is C17H19Cl2N3O. The second kappa shape index (κ2) is 8.18. The molecule has 1 aromatic heterocycles. The van der Waals surface area contributed by atoms with Crippen molar-refractivity contribution in [1.82, 2.24) is 4.98 Å². The Balaban J connectivity index is 2.13. The monoisotopic (exact) mass is 351 g/mol. The number of anilines is 2. The molecular weight excluding hydrogens is 333 g/mol. The molecule has 0 spiro atoms.